The van der Waals surface area contributed by atoms with Gasteiger partial charge in [-0.1, -0.05) is 19.0 Å². The molecule has 0 aliphatic heterocycles. The van der Waals surface area contributed by atoms with Gasteiger partial charge in [0.05, 0.1) is 16.6 Å². The highest BCUT2D eigenvalue weighted by atomic mass is 19.4. The van der Waals surface area contributed by atoms with Gasteiger partial charge in [-0.15, -0.1) is 0 Å². The maximum atomic E-state index is 12.3. The van der Waals surface area contributed by atoms with Crippen molar-refractivity contribution in [3.63, 3.8) is 0 Å². The largest absolute Gasteiger partial charge is 0.490 e. The Bertz CT molecular complexity index is 790. The maximum Gasteiger partial charge on any atom is 0.490 e. The Morgan fingerprint density at radius 1 is 1.37 bits per heavy atom. The standard InChI is InChI=1S/C14H20N4O2.C2HF3O2/c1-9(2)12-11-7-10(8-16-13(11)20-17-12)14(19)18(3)6-4-5-15;3-2(4,5)1(6)7/h7-9H,4-6,15H2,1-3H3;(H,6,7). The molecule has 2 heterocycles. The van der Waals surface area contributed by atoms with Crippen LogP contribution < -0.4 is 5.73 Å². The molecule has 0 bridgehead atoms. The second-order valence-corrected chi connectivity index (χ2v) is 5.97. The van der Waals surface area contributed by atoms with Crippen molar-refractivity contribution in [2.75, 3.05) is 20.1 Å². The van der Waals surface area contributed by atoms with Crippen molar-refractivity contribution in [2.24, 2.45) is 5.73 Å². The Morgan fingerprint density at radius 3 is 2.44 bits per heavy atom. The van der Waals surface area contributed by atoms with Crippen LogP contribution in [0.3, 0.4) is 0 Å². The molecule has 0 aromatic carbocycles. The summed E-state index contributed by atoms with van der Waals surface area (Å²) in [5.41, 5.74) is 7.30. The molecule has 0 saturated heterocycles. The molecule has 3 N–H and O–H groups in total. The lowest BCUT2D eigenvalue weighted by Crippen LogP contribution is -2.29. The van der Waals surface area contributed by atoms with Gasteiger partial charge in [0.25, 0.3) is 11.6 Å². The van der Waals surface area contributed by atoms with Crippen molar-refractivity contribution in [1.29, 1.82) is 0 Å². The van der Waals surface area contributed by atoms with Gasteiger partial charge in [0.15, 0.2) is 0 Å². The number of carboxylic acid groups (broad SMARTS) is 1. The number of alkyl halides is 3. The Hall–Kier alpha value is -2.69. The minimum absolute atomic E-state index is 0.0660. The van der Waals surface area contributed by atoms with Crippen LogP contribution in [0.1, 0.15) is 42.2 Å². The van der Waals surface area contributed by atoms with Crippen molar-refractivity contribution in [2.45, 2.75) is 32.4 Å². The summed E-state index contributed by atoms with van der Waals surface area (Å²) in [4.78, 5) is 27.0. The average Bonchev–Trinajstić information content (AvgIpc) is 3.02. The lowest BCUT2D eigenvalue weighted by molar-refractivity contribution is -0.192. The highest BCUT2D eigenvalue weighted by Gasteiger charge is 2.38. The molecule has 11 heteroatoms. The van der Waals surface area contributed by atoms with Crippen LogP contribution >= 0.6 is 0 Å². The van der Waals surface area contributed by atoms with Crippen LogP contribution in [-0.2, 0) is 4.79 Å². The van der Waals surface area contributed by atoms with Crippen LogP contribution in [0.5, 0.6) is 0 Å². The number of fused-ring (bicyclic) bond motifs is 1. The third-order valence-electron chi connectivity index (χ3n) is 3.44. The third kappa shape index (κ3) is 6.20. The van der Waals surface area contributed by atoms with E-state index in [9.17, 15) is 18.0 Å². The molecule has 0 radical (unpaired) electrons. The molecule has 0 unspecified atom stereocenters. The fraction of sp³-hybridized carbons (Fsp3) is 0.500. The van der Waals surface area contributed by atoms with Gasteiger partial charge in [0.1, 0.15) is 0 Å². The van der Waals surface area contributed by atoms with Gasteiger partial charge in [0, 0.05) is 19.8 Å². The number of carbonyl (C=O) groups excluding carboxylic acids is 1. The Balaban J connectivity index is 0.000000445. The summed E-state index contributed by atoms with van der Waals surface area (Å²) >= 11 is 0. The lowest BCUT2D eigenvalue weighted by Gasteiger charge is -2.16. The first kappa shape index (κ1) is 22.4. The minimum atomic E-state index is -5.08. The van der Waals surface area contributed by atoms with Gasteiger partial charge < -0.3 is 20.3 Å². The smallest absolute Gasteiger partial charge is 0.475 e. The van der Waals surface area contributed by atoms with Gasteiger partial charge >= 0.3 is 12.1 Å². The topological polar surface area (TPSA) is 123 Å². The summed E-state index contributed by atoms with van der Waals surface area (Å²) < 4.78 is 36.9. The zero-order chi connectivity index (χ0) is 20.8. The number of aromatic nitrogens is 2. The van der Waals surface area contributed by atoms with Crippen molar-refractivity contribution >= 4 is 23.0 Å². The van der Waals surface area contributed by atoms with Crippen molar-refractivity contribution in [3.8, 4) is 0 Å². The Labute approximate surface area is 153 Å². The molecule has 0 fully saturated rings. The fourth-order valence-electron chi connectivity index (χ4n) is 2.03. The minimum Gasteiger partial charge on any atom is -0.475 e. The van der Waals surface area contributed by atoms with E-state index < -0.39 is 12.1 Å². The van der Waals surface area contributed by atoms with E-state index in [4.69, 9.17) is 20.2 Å². The highest BCUT2D eigenvalue weighted by molar-refractivity contribution is 5.96. The molecule has 27 heavy (non-hydrogen) atoms. The fourth-order valence-corrected chi connectivity index (χ4v) is 2.03. The molecule has 0 aliphatic carbocycles. The van der Waals surface area contributed by atoms with Gasteiger partial charge in [-0.3, -0.25) is 4.79 Å². The first-order valence-corrected chi connectivity index (χ1v) is 8.00. The molecule has 2 aromatic heterocycles. The Morgan fingerprint density at radius 2 is 1.96 bits per heavy atom. The van der Waals surface area contributed by atoms with Crippen LogP contribution in [-0.4, -0.2) is 58.3 Å². The summed E-state index contributed by atoms with van der Waals surface area (Å²) in [5.74, 6) is -2.60. The second-order valence-electron chi connectivity index (χ2n) is 5.97. The van der Waals surface area contributed by atoms with Crippen molar-refractivity contribution in [1.82, 2.24) is 15.0 Å². The second kappa shape index (κ2) is 9.31. The van der Waals surface area contributed by atoms with Crippen LogP contribution in [0.15, 0.2) is 16.8 Å². The van der Waals surface area contributed by atoms with E-state index in [1.54, 1.807) is 18.0 Å². The molecule has 0 atom stereocenters. The van der Waals surface area contributed by atoms with Gasteiger partial charge in [0.2, 0.25) is 0 Å². The van der Waals surface area contributed by atoms with E-state index in [1.165, 1.54) is 6.20 Å². The number of hydrogen-bond donors (Lipinski definition) is 2. The zero-order valence-corrected chi connectivity index (χ0v) is 15.1. The molecule has 0 spiro atoms. The predicted octanol–water partition coefficient (Wildman–Crippen LogP) is 2.40. The average molecular weight is 390 g/mol. The van der Waals surface area contributed by atoms with Crippen LogP contribution in [0.4, 0.5) is 13.2 Å². The number of hydrogen-bond acceptors (Lipinski definition) is 6. The number of amides is 1. The third-order valence-corrected chi connectivity index (χ3v) is 3.44. The molecular weight excluding hydrogens is 369 g/mol. The van der Waals surface area contributed by atoms with Crippen molar-refractivity contribution in [3.05, 3.63) is 23.5 Å². The summed E-state index contributed by atoms with van der Waals surface area (Å²) in [6.45, 7) is 5.25. The van der Waals surface area contributed by atoms with E-state index in [0.29, 0.717) is 24.4 Å². The molecule has 8 nitrogen and oxygen atoms in total. The first-order valence-electron chi connectivity index (χ1n) is 8.00. The van der Waals surface area contributed by atoms with E-state index in [-0.39, 0.29) is 11.8 Å². The summed E-state index contributed by atoms with van der Waals surface area (Å²) in [7, 11) is 1.76. The van der Waals surface area contributed by atoms with E-state index in [1.807, 2.05) is 13.8 Å². The monoisotopic (exact) mass is 390 g/mol. The number of carbonyl (C=O) groups is 2. The van der Waals surface area contributed by atoms with Crippen LogP contribution in [0, 0.1) is 0 Å². The van der Waals surface area contributed by atoms with Gasteiger partial charge in [-0.05, 0) is 24.9 Å². The van der Waals surface area contributed by atoms with E-state index in [0.717, 1.165) is 17.5 Å². The van der Waals surface area contributed by atoms with E-state index >= 15 is 0 Å². The molecule has 2 rings (SSSR count). The Kier molecular flexibility index (Phi) is 7.70. The zero-order valence-electron chi connectivity index (χ0n) is 15.1. The number of pyridine rings is 1. The molecule has 2 aromatic rings. The van der Waals surface area contributed by atoms with Crippen LogP contribution in [0.2, 0.25) is 0 Å². The summed E-state index contributed by atoms with van der Waals surface area (Å²) in [5, 5.41) is 11.9. The number of aliphatic carboxylic acids is 1. The first-order chi connectivity index (χ1) is 12.5. The predicted molar refractivity (Wildman–Crippen MR) is 90.2 cm³/mol. The molecular formula is C16H21F3N4O4. The van der Waals surface area contributed by atoms with Crippen molar-refractivity contribution < 1.29 is 32.4 Å². The van der Waals surface area contributed by atoms with Crippen LogP contribution in [0.25, 0.3) is 11.1 Å². The highest BCUT2D eigenvalue weighted by Crippen LogP contribution is 2.24. The quantitative estimate of drug-likeness (QED) is 0.804. The SMILES string of the molecule is CC(C)c1noc2ncc(C(=O)N(C)CCCN)cc12.O=C(O)C(F)(F)F. The number of carboxylic acids is 1. The summed E-state index contributed by atoms with van der Waals surface area (Å²) in [6, 6.07) is 1.80. The number of nitrogens with two attached hydrogens (primary N) is 1. The summed E-state index contributed by atoms with van der Waals surface area (Å²) in [6.07, 6.45) is -2.78. The number of halogens is 3. The number of nitrogens with zero attached hydrogens (tertiary/aromatic N) is 3. The molecule has 150 valence electrons. The molecule has 0 saturated carbocycles. The van der Waals surface area contributed by atoms with E-state index in [2.05, 4.69) is 10.1 Å². The normalized spacial score (nSPS) is 11.3. The lowest BCUT2D eigenvalue weighted by atomic mass is 10.1. The van der Waals surface area contributed by atoms with Gasteiger partial charge in [-0.2, -0.15) is 13.2 Å². The molecule has 1 amide bonds. The van der Waals surface area contributed by atoms with Gasteiger partial charge in [-0.25, -0.2) is 9.78 Å². The maximum absolute atomic E-state index is 12.3. The molecule has 0 aliphatic rings. The number of rotatable bonds is 5.